The number of imide groups is 1. The molecule has 8 rings (SSSR count). The van der Waals surface area contributed by atoms with Crippen molar-refractivity contribution >= 4 is 29.4 Å². The van der Waals surface area contributed by atoms with Gasteiger partial charge in [0.2, 0.25) is 17.7 Å². The third-order valence-corrected chi connectivity index (χ3v) is 13.2. The Morgan fingerprint density at radius 3 is 2.24 bits per heavy atom. The maximum atomic E-state index is 14.0. The van der Waals surface area contributed by atoms with E-state index in [1.54, 1.807) is 4.90 Å². The molecule has 45 heavy (non-hydrogen) atoms. The van der Waals surface area contributed by atoms with Gasteiger partial charge in [0.05, 0.1) is 18.3 Å². The number of hydrogen-bond donors (Lipinski definition) is 0. The standard InChI is InChI=1S/C36H49N5O4/c1-22-27-19-28(33(22)37(2)36(45)39-14-5-6-15-39)32-31(27)34(43)40(35(32)44)21-25-10-7-9-24(25)20-38-16-12-26(13-17-38)41-29-11-4-3-8-23(29)18-30(41)42/h3-4,8,11,22,24-28,31-33H,5-7,9-10,12-21H2,1-2H3/t22?,24-,25-,27?,28?,31?,32?,33?/m1/s1. The molecule has 9 nitrogen and oxygen atoms in total. The maximum absolute atomic E-state index is 14.0. The van der Waals surface area contributed by atoms with E-state index >= 15 is 0 Å². The van der Waals surface area contributed by atoms with Crippen LogP contribution in [0.25, 0.3) is 0 Å². The highest BCUT2D eigenvalue weighted by molar-refractivity contribution is 6.06. The number of para-hydroxylation sites is 1. The van der Waals surface area contributed by atoms with Crippen LogP contribution in [0.4, 0.5) is 10.5 Å². The molecule has 4 heterocycles. The lowest BCUT2D eigenvalue weighted by Gasteiger charge is -2.40. The molecular formula is C36H49N5O4. The Morgan fingerprint density at radius 1 is 0.844 bits per heavy atom. The van der Waals surface area contributed by atoms with Crippen molar-refractivity contribution in [1.29, 1.82) is 0 Å². The number of carbonyl (C=O) groups excluding carboxylic acids is 4. The molecule has 9 heteroatoms. The number of anilines is 1. The molecule has 3 saturated carbocycles. The molecule has 5 amide bonds. The number of piperidine rings is 1. The molecule has 6 fully saturated rings. The highest BCUT2D eigenvalue weighted by atomic mass is 16.2. The molecule has 0 N–H and O–H groups in total. The van der Waals surface area contributed by atoms with E-state index in [0.29, 0.717) is 24.8 Å². The molecule has 7 aliphatic rings. The lowest BCUT2D eigenvalue weighted by atomic mass is 9.72. The minimum atomic E-state index is -0.255. The first-order valence-electron chi connectivity index (χ1n) is 17.8. The number of urea groups is 1. The predicted octanol–water partition coefficient (Wildman–Crippen LogP) is 3.86. The van der Waals surface area contributed by atoms with E-state index in [0.717, 1.165) is 95.3 Å². The van der Waals surface area contributed by atoms with Crippen molar-refractivity contribution in [3.8, 4) is 0 Å². The summed E-state index contributed by atoms with van der Waals surface area (Å²) < 4.78 is 0. The highest BCUT2D eigenvalue weighted by Crippen LogP contribution is 2.60. The molecule has 0 spiro atoms. The molecule has 8 atom stereocenters. The van der Waals surface area contributed by atoms with Crippen LogP contribution in [0, 0.1) is 41.4 Å². The molecule has 4 aliphatic heterocycles. The van der Waals surface area contributed by atoms with Gasteiger partial charge in [-0.25, -0.2) is 4.79 Å². The highest BCUT2D eigenvalue weighted by Gasteiger charge is 2.67. The van der Waals surface area contributed by atoms with Crippen LogP contribution < -0.4 is 4.90 Å². The van der Waals surface area contributed by atoms with Gasteiger partial charge >= 0.3 is 6.03 Å². The Morgan fingerprint density at radius 2 is 1.51 bits per heavy atom. The van der Waals surface area contributed by atoms with Crippen molar-refractivity contribution in [2.24, 2.45) is 41.4 Å². The molecule has 0 radical (unpaired) electrons. The van der Waals surface area contributed by atoms with Gasteiger partial charge in [-0.2, -0.15) is 0 Å². The fourth-order valence-corrected chi connectivity index (χ4v) is 11.1. The van der Waals surface area contributed by atoms with Gasteiger partial charge in [-0.15, -0.1) is 0 Å². The number of rotatable bonds is 6. The second kappa shape index (κ2) is 11.4. The Hall–Kier alpha value is -2.94. The van der Waals surface area contributed by atoms with Gasteiger partial charge in [0, 0.05) is 64.1 Å². The number of fused-ring (bicyclic) bond motifs is 6. The fraction of sp³-hybridized carbons (Fsp3) is 0.722. The van der Waals surface area contributed by atoms with Crippen molar-refractivity contribution in [1.82, 2.24) is 19.6 Å². The summed E-state index contributed by atoms with van der Waals surface area (Å²) in [5.41, 5.74) is 2.25. The van der Waals surface area contributed by atoms with Crippen molar-refractivity contribution in [2.45, 2.75) is 76.8 Å². The summed E-state index contributed by atoms with van der Waals surface area (Å²) in [5.74, 6) is 1.24. The number of benzene rings is 1. The van der Waals surface area contributed by atoms with E-state index in [4.69, 9.17) is 0 Å². The first kappa shape index (κ1) is 29.5. The maximum Gasteiger partial charge on any atom is 0.320 e. The number of hydrogen-bond acceptors (Lipinski definition) is 5. The normalized spacial score (nSPS) is 36.5. The van der Waals surface area contributed by atoms with Crippen LogP contribution in [0.5, 0.6) is 0 Å². The van der Waals surface area contributed by atoms with E-state index in [-0.39, 0.29) is 65.4 Å². The summed E-state index contributed by atoms with van der Waals surface area (Å²) in [6.45, 7) is 7.39. The van der Waals surface area contributed by atoms with E-state index < -0.39 is 0 Å². The Kier molecular flexibility index (Phi) is 7.46. The molecular weight excluding hydrogens is 566 g/mol. The largest absolute Gasteiger partial charge is 0.325 e. The van der Waals surface area contributed by atoms with Crippen LogP contribution in [-0.4, -0.2) is 102 Å². The van der Waals surface area contributed by atoms with Gasteiger partial charge in [-0.3, -0.25) is 19.3 Å². The Balaban J connectivity index is 0.889. The van der Waals surface area contributed by atoms with E-state index in [1.165, 1.54) is 0 Å². The van der Waals surface area contributed by atoms with Crippen LogP contribution in [0.2, 0.25) is 0 Å². The Labute approximate surface area is 267 Å². The number of carbonyl (C=O) groups is 4. The van der Waals surface area contributed by atoms with Crippen LogP contribution in [0.15, 0.2) is 24.3 Å². The van der Waals surface area contributed by atoms with Crippen LogP contribution in [-0.2, 0) is 20.8 Å². The molecule has 2 bridgehead atoms. The van der Waals surface area contributed by atoms with Crippen LogP contribution >= 0.6 is 0 Å². The summed E-state index contributed by atoms with van der Waals surface area (Å²) in [6.07, 6.45) is 8.89. The zero-order valence-corrected chi connectivity index (χ0v) is 27.0. The zero-order chi connectivity index (χ0) is 31.0. The quantitative estimate of drug-likeness (QED) is 0.454. The summed E-state index contributed by atoms with van der Waals surface area (Å²) in [7, 11) is 1.92. The van der Waals surface area contributed by atoms with Gasteiger partial charge in [0.15, 0.2) is 0 Å². The van der Waals surface area contributed by atoms with Gasteiger partial charge in [-0.05, 0) is 86.2 Å². The summed E-state index contributed by atoms with van der Waals surface area (Å²) in [6, 6.07) is 8.60. The minimum Gasteiger partial charge on any atom is -0.325 e. The lowest BCUT2D eigenvalue weighted by Crippen LogP contribution is -2.52. The molecule has 1 aromatic carbocycles. The van der Waals surface area contributed by atoms with Gasteiger partial charge in [0.1, 0.15) is 0 Å². The van der Waals surface area contributed by atoms with Crippen molar-refractivity contribution in [3.05, 3.63) is 29.8 Å². The number of amides is 5. The second-order valence-electron chi connectivity index (χ2n) is 15.4. The monoisotopic (exact) mass is 615 g/mol. The molecule has 0 aromatic heterocycles. The summed E-state index contributed by atoms with van der Waals surface area (Å²) in [5, 5.41) is 0. The fourth-order valence-electron chi connectivity index (χ4n) is 11.1. The van der Waals surface area contributed by atoms with Crippen molar-refractivity contribution < 1.29 is 19.2 Å². The van der Waals surface area contributed by atoms with Gasteiger partial charge < -0.3 is 19.6 Å². The molecule has 3 saturated heterocycles. The minimum absolute atomic E-state index is 0.0348. The molecule has 6 unspecified atom stereocenters. The summed E-state index contributed by atoms with van der Waals surface area (Å²) >= 11 is 0. The SMILES string of the molecule is CC1C2CC(C3C(=O)N(C[C@H]4CCC[C@@H]4CN4CCC(N5C(=O)Cc6ccccc65)CC4)C(=O)C23)C1N(C)C(=O)N1CCCC1. The third kappa shape index (κ3) is 4.73. The van der Waals surface area contributed by atoms with E-state index in [9.17, 15) is 19.2 Å². The third-order valence-electron chi connectivity index (χ3n) is 13.2. The second-order valence-corrected chi connectivity index (χ2v) is 15.4. The predicted molar refractivity (Wildman–Crippen MR) is 170 cm³/mol. The first-order chi connectivity index (χ1) is 21.8. The average Bonchev–Trinajstić information content (AvgIpc) is 3.89. The lowest BCUT2D eigenvalue weighted by molar-refractivity contribution is -0.141. The van der Waals surface area contributed by atoms with E-state index in [1.807, 2.05) is 29.0 Å². The zero-order valence-electron chi connectivity index (χ0n) is 27.0. The topological polar surface area (TPSA) is 84.5 Å². The number of nitrogens with zero attached hydrogens (tertiary/aromatic N) is 5. The van der Waals surface area contributed by atoms with Crippen LogP contribution in [0.1, 0.15) is 63.9 Å². The molecule has 242 valence electrons. The number of likely N-dealkylation sites (tertiary alicyclic amines) is 3. The average molecular weight is 616 g/mol. The smallest absolute Gasteiger partial charge is 0.320 e. The van der Waals surface area contributed by atoms with Gasteiger partial charge in [-0.1, -0.05) is 31.5 Å². The van der Waals surface area contributed by atoms with E-state index in [2.05, 4.69) is 28.9 Å². The summed E-state index contributed by atoms with van der Waals surface area (Å²) in [4.78, 5) is 64.2. The van der Waals surface area contributed by atoms with Crippen LogP contribution in [0.3, 0.4) is 0 Å². The molecule has 3 aliphatic carbocycles. The van der Waals surface area contributed by atoms with Gasteiger partial charge in [0.25, 0.3) is 0 Å². The van der Waals surface area contributed by atoms with Crippen molar-refractivity contribution in [3.63, 3.8) is 0 Å². The Bertz CT molecular complexity index is 1370. The van der Waals surface area contributed by atoms with Crippen molar-refractivity contribution in [2.75, 3.05) is 51.2 Å². The molecule has 1 aromatic rings. The first-order valence-corrected chi connectivity index (χ1v) is 17.8.